The molecule has 0 bridgehead atoms. The molecule has 1 fully saturated rings. The average Bonchev–Trinajstić information content (AvgIpc) is 2.33. The van der Waals surface area contributed by atoms with Gasteiger partial charge in [0.05, 0.1) is 0 Å². The van der Waals surface area contributed by atoms with E-state index in [-0.39, 0.29) is 0 Å². The van der Waals surface area contributed by atoms with Crippen molar-refractivity contribution in [3.05, 3.63) is 24.0 Å². The molecule has 0 saturated carbocycles. The molecule has 0 aromatic carbocycles. The molecule has 0 amide bonds. The molecule has 48 valence electrons. The Morgan fingerprint density at radius 2 is 2.56 bits per heavy atom. The number of hydrogen-bond acceptors (Lipinski definition) is 2. The number of nitrogens with zero attached hydrogens (tertiary/aromatic N) is 1. The van der Waals surface area contributed by atoms with Gasteiger partial charge in [-0.1, -0.05) is 0 Å². The van der Waals surface area contributed by atoms with Gasteiger partial charge in [0.15, 0.2) is 0 Å². The number of nitrogens with one attached hydrogen (secondary N) is 1. The van der Waals surface area contributed by atoms with Gasteiger partial charge in [-0.25, -0.2) is 0 Å². The molecule has 0 radical (unpaired) electrons. The highest BCUT2D eigenvalue weighted by atomic mass is 15.5. The van der Waals surface area contributed by atoms with Crippen LogP contribution in [0.3, 0.4) is 0 Å². The maximum atomic E-state index is 3.17. The highest BCUT2D eigenvalue weighted by Gasteiger charge is 2.15. The lowest BCUT2D eigenvalue weighted by molar-refractivity contribution is 0.325. The number of hydrogen-bond donors (Lipinski definition) is 1. The summed E-state index contributed by atoms with van der Waals surface area (Å²) in [4.78, 5) is 0. The smallest absolute Gasteiger partial charge is 0.0393 e. The highest BCUT2D eigenvalue weighted by molar-refractivity contribution is 5.17. The van der Waals surface area contributed by atoms with E-state index in [9.17, 15) is 0 Å². The van der Waals surface area contributed by atoms with E-state index in [1.165, 1.54) is 18.5 Å². The topological polar surface area (TPSA) is 15.3 Å². The third kappa shape index (κ3) is 0.707. The second-order valence-electron chi connectivity index (χ2n) is 2.40. The van der Waals surface area contributed by atoms with Gasteiger partial charge < -0.3 is 5.43 Å². The first-order chi connectivity index (χ1) is 4.47. The van der Waals surface area contributed by atoms with Gasteiger partial charge in [0, 0.05) is 18.4 Å². The van der Waals surface area contributed by atoms with Crippen molar-refractivity contribution in [3.63, 3.8) is 0 Å². The van der Waals surface area contributed by atoms with Crippen LogP contribution in [-0.4, -0.2) is 11.6 Å². The zero-order valence-corrected chi connectivity index (χ0v) is 5.30. The van der Waals surface area contributed by atoms with E-state index in [4.69, 9.17) is 0 Å². The van der Waals surface area contributed by atoms with Gasteiger partial charge in [-0.15, -0.1) is 0 Å². The van der Waals surface area contributed by atoms with Gasteiger partial charge in [-0.3, -0.25) is 5.01 Å². The van der Waals surface area contributed by atoms with Crippen molar-refractivity contribution >= 4 is 0 Å². The number of rotatable bonds is 0. The van der Waals surface area contributed by atoms with E-state index >= 15 is 0 Å². The van der Waals surface area contributed by atoms with E-state index in [2.05, 4.69) is 22.6 Å². The third-order valence-electron chi connectivity index (χ3n) is 1.78. The summed E-state index contributed by atoms with van der Waals surface area (Å²) in [7, 11) is 0. The van der Waals surface area contributed by atoms with Crippen molar-refractivity contribution in [1.82, 2.24) is 10.4 Å². The van der Waals surface area contributed by atoms with Crippen LogP contribution in [0.15, 0.2) is 24.0 Å². The zero-order chi connectivity index (χ0) is 6.10. The van der Waals surface area contributed by atoms with Gasteiger partial charge in [0.25, 0.3) is 0 Å². The summed E-state index contributed by atoms with van der Waals surface area (Å²) in [6.45, 7) is 1.16. The van der Waals surface area contributed by atoms with E-state index < -0.39 is 0 Å². The fourth-order valence-corrected chi connectivity index (χ4v) is 1.31. The molecule has 0 spiro atoms. The molecule has 2 heterocycles. The highest BCUT2D eigenvalue weighted by Crippen LogP contribution is 2.19. The van der Waals surface area contributed by atoms with Gasteiger partial charge in [-0.2, -0.15) is 0 Å². The molecule has 2 aliphatic rings. The van der Waals surface area contributed by atoms with Crippen LogP contribution in [0, 0.1) is 0 Å². The quantitative estimate of drug-likeness (QED) is 0.515. The summed E-state index contributed by atoms with van der Waals surface area (Å²) >= 11 is 0. The lowest BCUT2D eigenvalue weighted by atomic mass is 10.3. The van der Waals surface area contributed by atoms with Gasteiger partial charge >= 0.3 is 0 Å². The Morgan fingerprint density at radius 1 is 1.56 bits per heavy atom. The lowest BCUT2D eigenvalue weighted by Gasteiger charge is -2.21. The molecule has 2 nitrogen and oxygen atoms in total. The van der Waals surface area contributed by atoms with Crippen LogP contribution in [0.4, 0.5) is 0 Å². The first-order valence-corrected chi connectivity index (χ1v) is 3.36. The number of hydrazine groups is 1. The van der Waals surface area contributed by atoms with Crippen molar-refractivity contribution in [3.8, 4) is 0 Å². The van der Waals surface area contributed by atoms with Crippen molar-refractivity contribution in [1.29, 1.82) is 0 Å². The van der Waals surface area contributed by atoms with Crippen LogP contribution in [0.25, 0.3) is 0 Å². The summed E-state index contributed by atoms with van der Waals surface area (Å²) in [5.74, 6) is 0. The van der Waals surface area contributed by atoms with Gasteiger partial charge in [0.2, 0.25) is 0 Å². The largest absolute Gasteiger partial charge is 0.306 e. The van der Waals surface area contributed by atoms with Crippen molar-refractivity contribution in [2.75, 3.05) is 6.54 Å². The molecule has 2 rings (SSSR count). The second-order valence-corrected chi connectivity index (χ2v) is 2.40. The second kappa shape index (κ2) is 1.79. The summed E-state index contributed by atoms with van der Waals surface area (Å²) in [5, 5.41) is 2.19. The van der Waals surface area contributed by atoms with Gasteiger partial charge in [-0.05, 0) is 25.0 Å². The van der Waals surface area contributed by atoms with Crippen LogP contribution >= 0.6 is 0 Å². The van der Waals surface area contributed by atoms with E-state index in [0.29, 0.717) is 0 Å². The predicted molar refractivity (Wildman–Crippen MR) is 36.3 cm³/mol. The van der Waals surface area contributed by atoms with Crippen LogP contribution in [0.2, 0.25) is 0 Å². The summed E-state index contributed by atoms with van der Waals surface area (Å²) in [6.07, 6.45) is 8.72. The Morgan fingerprint density at radius 3 is 3.44 bits per heavy atom. The monoisotopic (exact) mass is 122 g/mol. The zero-order valence-electron chi connectivity index (χ0n) is 5.30. The number of fused-ring (bicyclic) bond motifs is 1. The van der Waals surface area contributed by atoms with E-state index in [1.54, 1.807) is 0 Å². The molecular formula is C7H10N2. The van der Waals surface area contributed by atoms with Crippen LogP contribution in [0.5, 0.6) is 0 Å². The summed E-state index contributed by atoms with van der Waals surface area (Å²) in [6, 6.07) is 0. The summed E-state index contributed by atoms with van der Waals surface area (Å²) < 4.78 is 0. The molecule has 9 heavy (non-hydrogen) atoms. The molecule has 0 aromatic rings. The normalized spacial score (nSPS) is 23.1. The standard InChI is InChI=1S/C7H10N2/c1-3-7-4-2-6-9(7)8-5-1/h1,3,5,8H,2,4,6H2. The maximum absolute atomic E-state index is 3.17. The summed E-state index contributed by atoms with van der Waals surface area (Å²) in [5.41, 5.74) is 4.59. The van der Waals surface area contributed by atoms with Crippen molar-refractivity contribution in [2.45, 2.75) is 12.8 Å². The first kappa shape index (κ1) is 4.91. The first-order valence-electron chi connectivity index (χ1n) is 3.36. The Bertz CT molecular complexity index is 170. The molecular weight excluding hydrogens is 112 g/mol. The Kier molecular flexibility index (Phi) is 0.979. The number of allylic oxidation sites excluding steroid dienone is 3. The van der Waals surface area contributed by atoms with Crippen LogP contribution in [-0.2, 0) is 0 Å². The van der Waals surface area contributed by atoms with E-state index in [0.717, 1.165) is 6.54 Å². The van der Waals surface area contributed by atoms with E-state index in [1.807, 2.05) is 6.20 Å². The average molecular weight is 122 g/mol. The molecule has 2 aliphatic heterocycles. The van der Waals surface area contributed by atoms with Crippen molar-refractivity contribution < 1.29 is 0 Å². The fourth-order valence-electron chi connectivity index (χ4n) is 1.31. The minimum absolute atomic E-state index is 1.16. The minimum Gasteiger partial charge on any atom is -0.306 e. The van der Waals surface area contributed by atoms with Gasteiger partial charge in [0.1, 0.15) is 0 Å². The molecule has 0 aliphatic carbocycles. The third-order valence-corrected chi connectivity index (χ3v) is 1.78. The maximum Gasteiger partial charge on any atom is 0.0393 e. The lowest BCUT2D eigenvalue weighted by Crippen LogP contribution is -2.30. The SMILES string of the molecule is C1=CNN2CCCC2=C1. The van der Waals surface area contributed by atoms with Crippen LogP contribution in [0.1, 0.15) is 12.8 Å². The molecule has 1 N–H and O–H groups in total. The Labute approximate surface area is 54.8 Å². The Hall–Kier alpha value is -0.920. The molecule has 2 heteroatoms. The minimum atomic E-state index is 1.16. The molecule has 1 saturated heterocycles. The van der Waals surface area contributed by atoms with Crippen LogP contribution < -0.4 is 5.43 Å². The molecule has 0 unspecified atom stereocenters. The molecule has 0 aromatic heterocycles. The van der Waals surface area contributed by atoms with Crippen molar-refractivity contribution in [2.24, 2.45) is 0 Å². The Balaban J connectivity index is 2.23. The fraction of sp³-hybridized carbons (Fsp3) is 0.429. The molecule has 0 atom stereocenters. The predicted octanol–water partition coefficient (Wildman–Crippen LogP) is 0.998.